The molecule has 0 unspecified atom stereocenters. The van der Waals surface area contributed by atoms with Crippen LogP contribution in [0.2, 0.25) is 0 Å². The molecule has 5 heteroatoms. The van der Waals surface area contributed by atoms with Gasteiger partial charge in [-0.05, 0) is 36.6 Å². The molecular weight excluding hydrogens is 264 g/mol. The first kappa shape index (κ1) is 15.2. The summed E-state index contributed by atoms with van der Waals surface area (Å²) in [7, 11) is 1.89. The van der Waals surface area contributed by atoms with Gasteiger partial charge < -0.3 is 15.8 Å². The molecule has 5 nitrogen and oxygen atoms in total. The van der Waals surface area contributed by atoms with Crippen LogP contribution in [0.25, 0.3) is 0 Å². The van der Waals surface area contributed by atoms with E-state index in [2.05, 4.69) is 31.2 Å². The Kier molecular flexibility index (Phi) is 4.73. The Balaban J connectivity index is 2.15. The van der Waals surface area contributed by atoms with Crippen LogP contribution in [0.5, 0.6) is 5.75 Å². The minimum atomic E-state index is 0.302. The molecule has 1 aromatic carbocycles. The Bertz CT molecular complexity index is 587. The van der Waals surface area contributed by atoms with E-state index in [0.717, 1.165) is 36.0 Å². The molecule has 0 amide bonds. The van der Waals surface area contributed by atoms with E-state index in [1.165, 1.54) is 0 Å². The van der Waals surface area contributed by atoms with Gasteiger partial charge in [0.2, 0.25) is 0 Å². The van der Waals surface area contributed by atoms with E-state index in [9.17, 15) is 0 Å². The Morgan fingerprint density at radius 1 is 1.29 bits per heavy atom. The van der Waals surface area contributed by atoms with Crippen molar-refractivity contribution in [1.29, 1.82) is 0 Å². The number of hydrogen-bond donors (Lipinski definition) is 2. The monoisotopic (exact) mass is 288 g/mol. The maximum Gasteiger partial charge on any atom is 0.152 e. The number of nitrogen functional groups attached to an aromatic ring is 1. The van der Waals surface area contributed by atoms with Gasteiger partial charge in [-0.1, -0.05) is 20.8 Å². The standard InChI is InChI=1S/C16H24N4O/c1-5-10-21-13-8-6-12(7-9-13)18-16-14(17)15(11(2)3)19-20(16)4/h6-9,11,18H,5,10,17H2,1-4H3. The minimum Gasteiger partial charge on any atom is -0.494 e. The summed E-state index contributed by atoms with van der Waals surface area (Å²) in [5, 5.41) is 7.79. The molecule has 0 spiro atoms. The lowest BCUT2D eigenvalue weighted by Crippen LogP contribution is -2.01. The Labute approximate surface area is 126 Å². The van der Waals surface area contributed by atoms with Crippen molar-refractivity contribution in [2.45, 2.75) is 33.1 Å². The van der Waals surface area contributed by atoms with E-state index >= 15 is 0 Å². The van der Waals surface area contributed by atoms with E-state index in [-0.39, 0.29) is 0 Å². The van der Waals surface area contributed by atoms with Crippen LogP contribution >= 0.6 is 0 Å². The number of ether oxygens (including phenoxy) is 1. The molecule has 0 aliphatic rings. The second-order valence-corrected chi connectivity index (χ2v) is 5.42. The first-order valence-electron chi connectivity index (χ1n) is 7.35. The molecule has 0 bridgehead atoms. The van der Waals surface area contributed by atoms with Gasteiger partial charge in [0, 0.05) is 12.7 Å². The molecule has 0 saturated heterocycles. The van der Waals surface area contributed by atoms with Crippen LogP contribution in [-0.4, -0.2) is 16.4 Å². The number of nitrogens with one attached hydrogen (secondary N) is 1. The molecule has 0 aliphatic carbocycles. The van der Waals surface area contributed by atoms with E-state index in [1.807, 2.05) is 31.3 Å². The third-order valence-electron chi connectivity index (χ3n) is 3.25. The molecule has 2 rings (SSSR count). The van der Waals surface area contributed by atoms with Crippen molar-refractivity contribution in [2.24, 2.45) is 7.05 Å². The molecule has 2 aromatic rings. The van der Waals surface area contributed by atoms with Crippen LogP contribution in [0, 0.1) is 0 Å². The van der Waals surface area contributed by atoms with Crippen molar-refractivity contribution in [1.82, 2.24) is 9.78 Å². The van der Waals surface area contributed by atoms with Gasteiger partial charge in [0.05, 0.1) is 18.0 Å². The highest BCUT2D eigenvalue weighted by atomic mass is 16.5. The first-order chi connectivity index (χ1) is 10.0. The predicted octanol–water partition coefficient (Wildman–Crippen LogP) is 3.66. The molecule has 0 radical (unpaired) electrons. The van der Waals surface area contributed by atoms with E-state index in [0.29, 0.717) is 11.6 Å². The number of benzene rings is 1. The SMILES string of the molecule is CCCOc1ccc(Nc2c(N)c(C(C)C)nn2C)cc1. The fourth-order valence-electron chi connectivity index (χ4n) is 2.13. The van der Waals surface area contributed by atoms with Crippen LogP contribution in [-0.2, 0) is 7.05 Å². The van der Waals surface area contributed by atoms with Crippen LogP contribution < -0.4 is 15.8 Å². The highest BCUT2D eigenvalue weighted by molar-refractivity contribution is 5.71. The van der Waals surface area contributed by atoms with Gasteiger partial charge in [-0.3, -0.25) is 4.68 Å². The predicted molar refractivity (Wildman–Crippen MR) is 87.2 cm³/mol. The van der Waals surface area contributed by atoms with Crippen LogP contribution in [0.15, 0.2) is 24.3 Å². The van der Waals surface area contributed by atoms with E-state index in [4.69, 9.17) is 10.5 Å². The molecule has 0 fully saturated rings. The fraction of sp³-hybridized carbons (Fsp3) is 0.438. The van der Waals surface area contributed by atoms with Crippen LogP contribution in [0.4, 0.5) is 17.2 Å². The number of hydrogen-bond acceptors (Lipinski definition) is 4. The highest BCUT2D eigenvalue weighted by Crippen LogP contribution is 2.30. The van der Waals surface area contributed by atoms with Gasteiger partial charge in [0.1, 0.15) is 5.75 Å². The zero-order valence-electron chi connectivity index (χ0n) is 13.2. The summed E-state index contributed by atoms with van der Waals surface area (Å²) in [6.45, 7) is 7.00. The number of aromatic nitrogens is 2. The summed E-state index contributed by atoms with van der Waals surface area (Å²) in [5.41, 5.74) is 8.77. The smallest absolute Gasteiger partial charge is 0.152 e. The second-order valence-electron chi connectivity index (χ2n) is 5.42. The van der Waals surface area contributed by atoms with Gasteiger partial charge in [-0.15, -0.1) is 0 Å². The average molecular weight is 288 g/mol. The number of aryl methyl sites for hydroxylation is 1. The molecule has 114 valence electrons. The first-order valence-corrected chi connectivity index (χ1v) is 7.35. The molecule has 21 heavy (non-hydrogen) atoms. The number of nitrogens with zero attached hydrogens (tertiary/aromatic N) is 2. The van der Waals surface area contributed by atoms with Crippen molar-refractivity contribution in [2.75, 3.05) is 17.7 Å². The second kappa shape index (κ2) is 6.52. The van der Waals surface area contributed by atoms with Crippen molar-refractivity contribution in [3.8, 4) is 5.75 Å². The number of anilines is 3. The van der Waals surface area contributed by atoms with Crippen LogP contribution in [0.3, 0.4) is 0 Å². The molecule has 0 aliphatic heterocycles. The lowest BCUT2D eigenvalue weighted by Gasteiger charge is -2.09. The quantitative estimate of drug-likeness (QED) is 0.851. The number of rotatable bonds is 6. The highest BCUT2D eigenvalue weighted by Gasteiger charge is 2.15. The third kappa shape index (κ3) is 3.48. The minimum absolute atomic E-state index is 0.302. The average Bonchev–Trinajstić information content (AvgIpc) is 2.75. The number of nitrogens with two attached hydrogens (primary N) is 1. The van der Waals surface area contributed by atoms with Crippen molar-refractivity contribution in [3.63, 3.8) is 0 Å². The van der Waals surface area contributed by atoms with Gasteiger partial charge in [-0.2, -0.15) is 5.10 Å². The van der Waals surface area contributed by atoms with Crippen molar-refractivity contribution >= 4 is 17.2 Å². The molecule has 3 N–H and O–H groups in total. The summed E-state index contributed by atoms with van der Waals surface area (Å²) in [6.07, 6.45) is 1.00. The normalized spacial score (nSPS) is 10.9. The van der Waals surface area contributed by atoms with Gasteiger partial charge in [0.25, 0.3) is 0 Å². The summed E-state index contributed by atoms with van der Waals surface area (Å²) >= 11 is 0. The van der Waals surface area contributed by atoms with Gasteiger partial charge >= 0.3 is 0 Å². The topological polar surface area (TPSA) is 65.1 Å². The third-order valence-corrected chi connectivity index (χ3v) is 3.25. The Morgan fingerprint density at radius 3 is 2.48 bits per heavy atom. The summed E-state index contributed by atoms with van der Waals surface area (Å²) in [4.78, 5) is 0. The summed E-state index contributed by atoms with van der Waals surface area (Å²) < 4.78 is 7.36. The van der Waals surface area contributed by atoms with Crippen LogP contribution in [0.1, 0.15) is 38.8 Å². The van der Waals surface area contributed by atoms with Gasteiger partial charge in [0.15, 0.2) is 5.82 Å². The fourth-order valence-corrected chi connectivity index (χ4v) is 2.13. The molecule has 0 atom stereocenters. The lowest BCUT2D eigenvalue weighted by molar-refractivity contribution is 0.317. The van der Waals surface area contributed by atoms with Crippen molar-refractivity contribution < 1.29 is 4.74 Å². The molecule has 1 heterocycles. The zero-order valence-corrected chi connectivity index (χ0v) is 13.2. The van der Waals surface area contributed by atoms with Gasteiger partial charge in [-0.25, -0.2) is 0 Å². The maximum atomic E-state index is 6.18. The van der Waals surface area contributed by atoms with Crippen molar-refractivity contribution in [3.05, 3.63) is 30.0 Å². The molecular formula is C16H24N4O. The zero-order chi connectivity index (χ0) is 15.4. The largest absolute Gasteiger partial charge is 0.494 e. The lowest BCUT2D eigenvalue weighted by atomic mass is 10.1. The summed E-state index contributed by atoms with van der Waals surface area (Å²) in [6, 6.07) is 7.86. The Hall–Kier alpha value is -2.17. The summed E-state index contributed by atoms with van der Waals surface area (Å²) in [5.74, 6) is 2.00. The van der Waals surface area contributed by atoms with E-state index in [1.54, 1.807) is 4.68 Å². The molecule has 1 aromatic heterocycles. The van der Waals surface area contributed by atoms with E-state index < -0.39 is 0 Å². The maximum absolute atomic E-state index is 6.18. The molecule has 0 saturated carbocycles. The Morgan fingerprint density at radius 2 is 1.95 bits per heavy atom.